The fourth-order valence-corrected chi connectivity index (χ4v) is 1.78. The standard InChI is InChI=1S/C10H12BrF3N2O/c1-6-8(11)7(2)16(9(17)15-6)5-3-4-10(12,13)14/h3-5H2,1-2H3. The van der Waals surface area contributed by atoms with Crippen LogP contribution in [-0.2, 0) is 6.54 Å². The Bertz CT molecular complexity index is 468. The smallest absolute Gasteiger partial charge is 0.295 e. The highest BCUT2D eigenvalue weighted by Crippen LogP contribution is 2.22. The summed E-state index contributed by atoms with van der Waals surface area (Å²) in [5, 5.41) is 0. The van der Waals surface area contributed by atoms with Crippen LogP contribution >= 0.6 is 15.9 Å². The van der Waals surface area contributed by atoms with Gasteiger partial charge in [0.15, 0.2) is 0 Å². The van der Waals surface area contributed by atoms with Crippen LogP contribution in [0.3, 0.4) is 0 Å². The highest BCUT2D eigenvalue weighted by molar-refractivity contribution is 9.10. The molecule has 17 heavy (non-hydrogen) atoms. The maximum atomic E-state index is 12.0. The Kier molecular flexibility index (Phi) is 4.35. The van der Waals surface area contributed by atoms with Crippen LogP contribution in [0.2, 0.25) is 0 Å². The van der Waals surface area contributed by atoms with Gasteiger partial charge < -0.3 is 0 Å². The Morgan fingerprint density at radius 1 is 1.35 bits per heavy atom. The molecule has 0 bridgehead atoms. The molecule has 7 heteroatoms. The minimum absolute atomic E-state index is 0.0239. The van der Waals surface area contributed by atoms with Crippen LogP contribution in [0.4, 0.5) is 13.2 Å². The van der Waals surface area contributed by atoms with Crippen molar-refractivity contribution in [2.75, 3.05) is 0 Å². The molecule has 1 rings (SSSR count). The van der Waals surface area contributed by atoms with E-state index in [9.17, 15) is 18.0 Å². The minimum atomic E-state index is -4.19. The summed E-state index contributed by atoms with van der Waals surface area (Å²) in [7, 11) is 0. The second kappa shape index (κ2) is 5.20. The van der Waals surface area contributed by atoms with E-state index in [-0.39, 0.29) is 13.0 Å². The van der Waals surface area contributed by atoms with Crippen LogP contribution < -0.4 is 5.69 Å². The van der Waals surface area contributed by atoms with E-state index in [0.717, 1.165) is 0 Å². The minimum Gasteiger partial charge on any atom is -0.295 e. The Hall–Kier alpha value is -0.850. The van der Waals surface area contributed by atoms with Gasteiger partial charge in [-0.1, -0.05) is 0 Å². The van der Waals surface area contributed by atoms with Crippen molar-refractivity contribution in [2.24, 2.45) is 0 Å². The van der Waals surface area contributed by atoms with Gasteiger partial charge in [-0.25, -0.2) is 4.79 Å². The normalized spacial score (nSPS) is 11.9. The monoisotopic (exact) mass is 312 g/mol. The van der Waals surface area contributed by atoms with Gasteiger partial charge >= 0.3 is 11.9 Å². The fourth-order valence-electron chi connectivity index (χ4n) is 1.48. The number of hydrogen-bond donors (Lipinski definition) is 0. The molecule has 0 saturated heterocycles. The Morgan fingerprint density at radius 2 is 1.94 bits per heavy atom. The molecule has 0 radical (unpaired) electrons. The van der Waals surface area contributed by atoms with Crippen molar-refractivity contribution in [3.05, 3.63) is 26.3 Å². The second-order valence-corrected chi connectivity index (χ2v) is 4.54. The van der Waals surface area contributed by atoms with E-state index in [4.69, 9.17) is 0 Å². The molecule has 0 saturated carbocycles. The van der Waals surface area contributed by atoms with Crippen LogP contribution in [0, 0.1) is 13.8 Å². The number of aromatic nitrogens is 2. The van der Waals surface area contributed by atoms with Crippen LogP contribution in [-0.4, -0.2) is 15.7 Å². The molecule has 0 spiro atoms. The zero-order valence-corrected chi connectivity index (χ0v) is 11.0. The summed E-state index contributed by atoms with van der Waals surface area (Å²) < 4.78 is 37.9. The summed E-state index contributed by atoms with van der Waals surface area (Å²) in [5.74, 6) is 0. The first kappa shape index (κ1) is 14.2. The summed E-state index contributed by atoms with van der Waals surface area (Å²) in [4.78, 5) is 15.2. The molecule has 0 unspecified atom stereocenters. The van der Waals surface area contributed by atoms with E-state index in [1.54, 1.807) is 13.8 Å². The highest BCUT2D eigenvalue weighted by atomic mass is 79.9. The molecule has 96 valence electrons. The van der Waals surface area contributed by atoms with Gasteiger partial charge in [0.2, 0.25) is 0 Å². The van der Waals surface area contributed by atoms with Crippen LogP contribution in [0.25, 0.3) is 0 Å². The van der Waals surface area contributed by atoms with Gasteiger partial charge in [0.1, 0.15) is 0 Å². The molecule has 0 aliphatic heterocycles. The molecule has 0 aromatic carbocycles. The number of halogens is 4. The maximum Gasteiger partial charge on any atom is 0.389 e. The van der Waals surface area contributed by atoms with Gasteiger partial charge in [-0.05, 0) is 36.2 Å². The molecule has 0 aliphatic rings. The molecule has 0 aliphatic carbocycles. The largest absolute Gasteiger partial charge is 0.389 e. The number of alkyl halides is 3. The molecule has 0 atom stereocenters. The summed E-state index contributed by atoms with van der Waals surface area (Å²) in [6, 6.07) is 0. The molecule has 1 heterocycles. The Labute approximate surface area is 105 Å². The Balaban J connectivity index is 2.86. The first-order chi connectivity index (χ1) is 7.72. The second-order valence-electron chi connectivity index (χ2n) is 3.75. The van der Waals surface area contributed by atoms with E-state index in [0.29, 0.717) is 15.9 Å². The van der Waals surface area contributed by atoms with Crippen molar-refractivity contribution < 1.29 is 13.2 Å². The molecule has 0 amide bonds. The topological polar surface area (TPSA) is 34.9 Å². The van der Waals surface area contributed by atoms with Gasteiger partial charge in [0.25, 0.3) is 0 Å². The van der Waals surface area contributed by atoms with E-state index in [1.165, 1.54) is 4.57 Å². The van der Waals surface area contributed by atoms with Crippen molar-refractivity contribution in [2.45, 2.75) is 39.4 Å². The van der Waals surface area contributed by atoms with E-state index >= 15 is 0 Å². The molecular weight excluding hydrogens is 301 g/mol. The van der Waals surface area contributed by atoms with Gasteiger partial charge in [0.05, 0.1) is 10.2 Å². The van der Waals surface area contributed by atoms with Gasteiger partial charge in [-0.2, -0.15) is 18.2 Å². The molecule has 1 aromatic heterocycles. The van der Waals surface area contributed by atoms with Gasteiger partial charge in [-0.3, -0.25) is 4.57 Å². The number of nitrogens with zero attached hydrogens (tertiary/aromatic N) is 2. The quantitative estimate of drug-likeness (QED) is 0.860. The third kappa shape index (κ3) is 3.83. The molecule has 3 nitrogen and oxygen atoms in total. The van der Waals surface area contributed by atoms with Crippen molar-refractivity contribution >= 4 is 15.9 Å². The predicted octanol–water partition coefficient (Wildman–Crippen LogP) is 2.97. The summed E-state index contributed by atoms with van der Waals surface area (Å²) in [6.45, 7) is 3.36. The molecule has 0 fully saturated rings. The maximum absolute atomic E-state index is 12.0. The first-order valence-corrected chi connectivity index (χ1v) is 5.82. The summed E-state index contributed by atoms with van der Waals surface area (Å²) >= 11 is 3.25. The third-order valence-corrected chi connectivity index (χ3v) is 3.52. The van der Waals surface area contributed by atoms with E-state index < -0.39 is 18.3 Å². The lowest BCUT2D eigenvalue weighted by molar-refractivity contribution is -0.135. The average Bonchev–Trinajstić information content (AvgIpc) is 2.18. The highest BCUT2D eigenvalue weighted by Gasteiger charge is 2.26. The van der Waals surface area contributed by atoms with Crippen LogP contribution in [0.5, 0.6) is 0 Å². The van der Waals surface area contributed by atoms with Crippen LogP contribution in [0.15, 0.2) is 9.27 Å². The van der Waals surface area contributed by atoms with Crippen molar-refractivity contribution in [1.82, 2.24) is 9.55 Å². The Morgan fingerprint density at radius 3 is 2.47 bits per heavy atom. The number of aryl methyl sites for hydroxylation is 1. The molecule has 0 N–H and O–H groups in total. The first-order valence-electron chi connectivity index (χ1n) is 5.02. The van der Waals surface area contributed by atoms with Crippen molar-refractivity contribution in [3.63, 3.8) is 0 Å². The summed E-state index contributed by atoms with van der Waals surface area (Å²) in [5.41, 5.74) is 0.634. The van der Waals surface area contributed by atoms with Crippen molar-refractivity contribution in [1.29, 1.82) is 0 Å². The lowest BCUT2D eigenvalue weighted by Crippen LogP contribution is -2.27. The van der Waals surface area contributed by atoms with Crippen molar-refractivity contribution in [3.8, 4) is 0 Å². The summed E-state index contributed by atoms with van der Waals surface area (Å²) in [6.07, 6.45) is -5.21. The third-order valence-electron chi connectivity index (χ3n) is 2.38. The zero-order chi connectivity index (χ0) is 13.2. The van der Waals surface area contributed by atoms with E-state index in [1.807, 2.05) is 0 Å². The zero-order valence-electron chi connectivity index (χ0n) is 9.44. The lowest BCUT2D eigenvalue weighted by atomic mass is 10.3. The number of rotatable bonds is 3. The fraction of sp³-hybridized carbons (Fsp3) is 0.600. The lowest BCUT2D eigenvalue weighted by Gasteiger charge is -2.12. The van der Waals surface area contributed by atoms with Gasteiger partial charge in [-0.15, -0.1) is 0 Å². The SMILES string of the molecule is Cc1nc(=O)n(CCCC(F)(F)F)c(C)c1Br. The molecular formula is C10H12BrF3N2O. The predicted molar refractivity (Wildman–Crippen MR) is 61.0 cm³/mol. The van der Waals surface area contributed by atoms with Gasteiger partial charge in [0, 0.05) is 18.7 Å². The van der Waals surface area contributed by atoms with E-state index in [2.05, 4.69) is 20.9 Å². The average molecular weight is 313 g/mol. The number of hydrogen-bond acceptors (Lipinski definition) is 2. The molecule has 1 aromatic rings. The van der Waals surface area contributed by atoms with Crippen LogP contribution in [0.1, 0.15) is 24.2 Å².